The number of hydrogen-bond acceptors (Lipinski definition) is 10. The number of imidazole rings is 1. The lowest BCUT2D eigenvalue weighted by Crippen LogP contribution is -2.41. The summed E-state index contributed by atoms with van der Waals surface area (Å²) < 4.78 is 48.3. The largest absolute Gasteiger partial charge is 0.573 e. The fourth-order valence-electron chi connectivity index (χ4n) is 4.41. The van der Waals surface area contributed by atoms with Crippen LogP contribution in [0.1, 0.15) is 12.0 Å². The minimum Gasteiger partial charge on any atom is -0.444 e. The molecule has 0 spiro atoms. The van der Waals surface area contributed by atoms with Gasteiger partial charge in [0, 0.05) is 67.9 Å². The monoisotopic (exact) mass is 534 g/mol. The van der Waals surface area contributed by atoms with Crippen LogP contribution < -0.4 is 24.6 Å². The summed E-state index contributed by atoms with van der Waals surface area (Å²) in [4.78, 5) is 27.4. The molecule has 0 bridgehead atoms. The lowest BCUT2D eigenvalue weighted by molar-refractivity contribution is -0.389. The Kier molecular flexibility index (Phi) is 7.18. The number of halogens is 3. The van der Waals surface area contributed by atoms with E-state index < -0.39 is 11.3 Å². The molecule has 2 aliphatic rings. The highest BCUT2D eigenvalue weighted by Gasteiger charge is 2.31. The van der Waals surface area contributed by atoms with Gasteiger partial charge < -0.3 is 34.7 Å². The smallest absolute Gasteiger partial charge is 0.444 e. The van der Waals surface area contributed by atoms with Gasteiger partial charge in [-0.05, 0) is 35.6 Å². The molecular formula is C23H25F3N8O4. The lowest BCUT2D eigenvalue weighted by Gasteiger charge is -2.24. The van der Waals surface area contributed by atoms with Crippen molar-refractivity contribution in [2.75, 3.05) is 42.6 Å². The molecule has 5 rings (SSSR count). The molecule has 1 fully saturated rings. The maximum atomic E-state index is 12.4. The highest BCUT2D eigenvalue weighted by molar-refractivity contribution is 5.50. The summed E-state index contributed by atoms with van der Waals surface area (Å²) in [5.41, 5.74) is 1.71. The zero-order valence-electron chi connectivity index (χ0n) is 20.2. The topological polar surface area (TPSA) is 124 Å². The molecule has 0 aliphatic carbocycles. The molecule has 0 radical (unpaired) electrons. The number of hydrogen-bond donors (Lipinski definition) is 1. The predicted octanol–water partition coefficient (Wildman–Crippen LogP) is 2.75. The van der Waals surface area contributed by atoms with Crippen LogP contribution in [0.5, 0.6) is 11.8 Å². The van der Waals surface area contributed by atoms with Gasteiger partial charge in [-0.3, -0.25) is 4.57 Å². The molecule has 1 saturated heterocycles. The summed E-state index contributed by atoms with van der Waals surface area (Å²) in [5.74, 6) is 0.128. The highest BCUT2D eigenvalue weighted by Crippen LogP contribution is 2.26. The number of nitrogens with zero attached hydrogens (tertiary/aromatic N) is 7. The lowest BCUT2D eigenvalue weighted by atomic mass is 10.2. The number of ether oxygens (including phenoxy) is 2. The molecule has 12 nitrogen and oxygen atoms in total. The zero-order chi connectivity index (χ0) is 26.7. The number of fused-ring (bicyclic) bond motifs is 1. The van der Waals surface area contributed by atoms with Crippen LogP contribution in [-0.4, -0.2) is 69.6 Å². The van der Waals surface area contributed by atoms with Gasteiger partial charge in [-0.2, -0.15) is 0 Å². The van der Waals surface area contributed by atoms with Crippen LogP contribution in [0.4, 0.5) is 30.6 Å². The van der Waals surface area contributed by atoms with Gasteiger partial charge in [0.2, 0.25) is 5.95 Å². The molecule has 1 atom stereocenters. The third kappa shape index (κ3) is 6.22. The molecule has 4 heterocycles. The second-order valence-corrected chi connectivity index (χ2v) is 8.94. The third-order valence-electron chi connectivity index (χ3n) is 6.25. The van der Waals surface area contributed by atoms with E-state index in [0.29, 0.717) is 38.7 Å². The number of anilines is 2. The molecule has 2 aliphatic heterocycles. The summed E-state index contributed by atoms with van der Waals surface area (Å²) in [5, 5.41) is 14.3. The van der Waals surface area contributed by atoms with Gasteiger partial charge in [-0.25, -0.2) is 9.97 Å². The van der Waals surface area contributed by atoms with Gasteiger partial charge >= 0.3 is 18.2 Å². The molecule has 15 heteroatoms. The zero-order valence-corrected chi connectivity index (χ0v) is 20.2. The first-order chi connectivity index (χ1) is 18.2. The predicted molar refractivity (Wildman–Crippen MR) is 129 cm³/mol. The van der Waals surface area contributed by atoms with Crippen molar-refractivity contribution >= 4 is 17.5 Å². The Morgan fingerprint density at radius 3 is 2.53 bits per heavy atom. The SMILES string of the molecule is O=[N+]([O-])c1cn2c(n1)OC[C@@H](NCc1cnc(N3CCCN(c4ccc(OC(F)(F)F)cc4)CC3)nc1)C2. The van der Waals surface area contributed by atoms with E-state index in [1.54, 1.807) is 29.1 Å². The number of nitro groups is 1. The first-order valence-electron chi connectivity index (χ1n) is 12.0. The fourth-order valence-corrected chi connectivity index (χ4v) is 4.41. The number of benzene rings is 1. The quantitative estimate of drug-likeness (QED) is 0.357. The second-order valence-electron chi connectivity index (χ2n) is 8.94. The van der Waals surface area contributed by atoms with Crippen LogP contribution in [0, 0.1) is 10.1 Å². The van der Waals surface area contributed by atoms with Crippen LogP contribution in [-0.2, 0) is 13.1 Å². The van der Waals surface area contributed by atoms with Crippen molar-refractivity contribution in [2.24, 2.45) is 0 Å². The molecule has 1 N–H and O–H groups in total. The van der Waals surface area contributed by atoms with Crippen molar-refractivity contribution in [3.8, 4) is 11.8 Å². The number of aromatic nitrogens is 4. The molecule has 38 heavy (non-hydrogen) atoms. The van der Waals surface area contributed by atoms with Gasteiger partial charge in [0.15, 0.2) is 0 Å². The molecule has 3 aromatic rings. The van der Waals surface area contributed by atoms with E-state index in [0.717, 1.165) is 30.8 Å². The van der Waals surface area contributed by atoms with E-state index in [1.165, 1.54) is 18.3 Å². The summed E-state index contributed by atoms with van der Waals surface area (Å²) in [7, 11) is 0. The highest BCUT2D eigenvalue weighted by atomic mass is 19.4. The van der Waals surface area contributed by atoms with Crippen LogP contribution in [0.3, 0.4) is 0 Å². The van der Waals surface area contributed by atoms with Crippen molar-refractivity contribution < 1.29 is 27.6 Å². The average Bonchev–Trinajstić information content (AvgIpc) is 3.17. The number of rotatable bonds is 7. The summed E-state index contributed by atoms with van der Waals surface area (Å²) in [6.45, 7) is 4.18. The van der Waals surface area contributed by atoms with Crippen molar-refractivity contribution in [2.45, 2.75) is 31.9 Å². The molecule has 0 amide bonds. The van der Waals surface area contributed by atoms with Gasteiger partial charge in [-0.1, -0.05) is 0 Å². The summed E-state index contributed by atoms with van der Waals surface area (Å²) in [6, 6.07) is 6.08. The van der Waals surface area contributed by atoms with Gasteiger partial charge in [0.25, 0.3) is 0 Å². The molecule has 202 valence electrons. The van der Waals surface area contributed by atoms with Gasteiger partial charge in [-0.15, -0.1) is 13.2 Å². The normalized spacial score (nSPS) is 17.9. The van der Waals surface area contributed by atoms with Crippen molar-refractivity contribution in [3.63, 3.8) is 0 Å². The molecule has 2 aromatic heterocycles. The van der Waals surface area contributed by atoms with Gasteiger partial charge in [0.1, 0.15) is 18.6 Å². The fraction of sp³-hybridized carbons (Fsp3) is 0.435. The van der Waals surface area contributed by atoms with E-state index in [4.69, 9.17) is 4.74 Å². The summed E-state index contributed by atoms with van der Waals surface area (Å²) >= 11 is 0. The summed E-state index contributed by atoms with van der Waals surface area (Å²) in [6.07, 6.45) is 1.00. The van der Waals surface area contributed by atoms with E-state index in [1.807, 2.05) is 0 Å². The number of alkyl halides is 3. The Hall–Kier alpha value is -4.14. The van der Waals surface area contributed by atoms with Crippen molar-refractivity contribution in [1.29, 1.82) is 0 Å². The molecule has 0 unspecified atom stereocenters. The van der Waals surface area contributed by atoms with E-state index in [9.17, 15) is 23.3 Å². The van der Waals surface area contributed by atoms with Crippen molar-refractivity contribution in [1.82, 2.24) is 24.8 Å². The first-order valence-corrected chi connectivity index (χ1v) is 12.0. The Labute approximate surface area is 215 Å². The van der Waals surface area contributed by atoms with Crippen molar-refractivity contribution in [3.05, 3.63) is 58.5 Å². The average molecular weight is 534 g/mol. The number of nitrogens with one attached hydrogen (secondary N) is 1. The first kappa shape index (κ1) is 25.5. The minimum atomic E-state index is -4.71. The maximum Gasteiger partial charge on any atom is 0.573 e. The van der Waals surface area contributed by atoms with E-state index in [2.05, 4.69) is 34.8 Å². The maximum absolute atomic E-state index is 12.4. The van der Waals surface area contributed by atoms with Gasteiger partial charge in [0.05, 0.1) is 6.04 Å². The van der Waals surface area contributed by atoms with Crippen LogP contribution >= 0.6 is 0 Å². The Morgan fingerprint density at radius 2 is 1.82 bits per heavy atom. The molecule has 1 aromatic carbocycles. The Morgan fingerprint density at radius 1 is 1.11 bits per heavy atom. The third-order valence-corrected chi connectivity index (χ3v) is 6.25. The van der Waals surface area contributed by atoms with Crippen LogP contribution in [0.15, 0.2) is 42.9 Å². The van der Waals surface area contributed by atoms with Crippen LogP contribution in [0.2, 0.25) is 0 Å². The molecule has 0 saturated carbocycles. The standard InChI is InChI=1S/C23H25F3N8O4/c24-23(25,26)38-19-4-2-18(3-5-19)31-6-1-7-32(9-8-31)21-28-11-16(12-29-21)10-27-17-13-33-14-20(34(35)36)30-22(33)37-15-17/h2-5,11-12,14,17,27H,1,6-10,13,15H2/t17-/m0/s1. The van der Waals surface area contributed by atoms with E-state index in [-0.39, 0.29) is 23.6 Å². The van der Waals surface area contributed by atoms with E-state index >= 15 is 0 Å². The Bertz CT molecular complexity index is 1250. The Balaban J connectivity index is 1.11. The second kappa shape index (κ2) is 10.7. The van der Waals surface area contributed by atoms with Crippen LogP contribution in [0.25, 0.3) is 0 Å². The molecular weight excluding hydrogens is 509 g/mol. The minimum absolute atomic E-state index is 0.0540.